The van der Waals surface area contributed by atoms with Gasteiger partial charge < -0.3 is 20.1 Å². The summed E-state index contributed by atoms with van der Waals surface area (Å²) < 4.78 is 11.3. The van der Waals surface area contributed by atoms with Gasteiger partial charge in [-0.1, -0.05) is 13.8 Å². The van der Waals surface area contributed by atoms with Crippen molar-refractivity contribution in [2.45, 2.75) is 59.6 Å². The Morgan fingerprint density at radius 3 is 2.38 bits per heavy atom. The van der Waals surface area contributed by atoms with Crippen LogP contribution in [0.4, 0.5) is 0 Å². The number of aliphatic imine (C=N–C) groups is 1. The second kappa shape index (κ2) is 14.0. The Labute approximate surface area is 177 Å². The second-order valence-electron chi connectivity index (χ2n) is 7.56. The van der Waals surface area contributed by atoms with Gasteiger partial charge in [-0.25, -0.2) is 0 Å². The minimum absolute atomic E-state index is 0. The highest BCUT2D eigenvalue weighted by Gasteiger charge is 2.28. The van der Waals surface area contributed by atoms with Crippen molar-refractivity contribution in [2.75, 3.05) is 52.5 Å². The average Bonchev–Trinajstić information content (AvgIpc) is 2.59. The van der Waals surface area contributed by atoms with E-state index in [9.17, 15) is 0 Å². The van der Waals surface area contributed by atoms with Gasteiger partial charge in [0.25, 0.3) is 0 Å². The van der Waals surface area contributed by atoms with Gasteiger partial charge in [-0.3, -0.25) is 9.89 Å². The van der Waals surface area contributed by atoms with Crippen molar-refractivity contribution in [3.05, 3.63) is 0 Å². The first-order valence-corrected chi connectivity index (χ1v) is 9.87. The molecule has 156 valence electrons. The van der Waals surface area contributed by atoms with Crippen molar-refractivity contribution in [1.82, 2.24) is 15.5 Å². The summed E-state index contributed by atoms with van der Waals surface area (Å²) in [6, 6.07) is 0. The van der Waals surface area contributed by atoms with E-state index in [-0.39, 0.29) is 29.5 Å². The van der Waals surface area contributed by atoms with Crippen LogP contribution in [0, 0.1) is 5.92 Å². The van der Waals surface area contributed by atoms with Crippen LogP contribution in [0.3, 0.4) is 0 Å². The molecule has 1 unspecified atom stereocenters. The SMILES string of the molecule is CCNC(=NCC(C)(C)N1CCOCC1)NCCC(OCC)C(C)C.I. The van der Waals surface area contributed by atoms with Gasteiger partial charge in [0.15, 0.2) is 5.96 Å². The third-order valence-electron chi connectivity index (χ3n) is 4.68. The molecule has 0 aliphatic carbocycles. The Morgan fingerprint density at radius 1 is 1.19 bits per heavy atom. The first kappa shape index (κ1) is 25.9. The van der Waals surface area contributed by atoms with E-state index >= 15 is 0 Å². The van der Waals surface area contributed by atoms with Crippen molar-refractivity contribution in [3.63, 3.8) is 0 Å². The zero-order chi connectivity index (χ0) is 18.7. The minimum Gasteiger partial charge on any atom is -0.379 e. The smallest absolute Gasteiger partial charge is 0.191 e. The van der Waals surface area contributed by atoms with Gasteiger partial charge in [-0.05, 0) is 40.0 Å². The Hall–Kier alpha value is -0.120. The van der Waals surface area contributed by atoms with Crippen LogP contribution in [0.2, 0.25) is 0 Å². The van der Waals surface area contributed by atoms with E-state index in [0.29, 0.717) is 12.0 Å². The number of halogens is 1. The van der Waals surface area contributed by atoms with Gasteiger partial charge in [0.2, 0.25) is 0 Å². The Morgan fingerprint density at radius 2 is 1.85 bits per heavy atom. The first-order chi connectivity index (χ1) is 11.9. The molecule has 0 radical (unpaired) electrons. The number of hydrogen-bond donors (Lipinski definition) is 2. The van der Waals surface area contributed by atoms with E-state index in [1.54, 1.807) is 0 Å². The van der Waals surface area contributed by atoms with Gasteiger partial charge in [0.1, 0.15) is 0 Å². The highest BCUT2D eigenvalue weighted by Crippen LogP contribution is 2.16. The minimum atomic E-state index is 0. The Balaban J connectivity index is 0.00000625. The number of ether oxygens (including phenoxy) is 2. The molecule has 1 saturated heterocycles. The van der Waals surface area contributed by atoms with E-state index in [1.165, 1.54) is 0 Å². The number of guanidine groups is 1. The van der Waals surface area contributed by atoms with Crippen molar-refractivity contribution in [3.8, 4) is 0 Å². The lowest BCUT2D eigenvalue weighted by molar-refractivity contribution is -0.00684. The van der Waals surface area contributed by atoms with E-state index in [1.807, 2.05) is 0 Å². The molecule has 26 heavy (non-hydrogen) atoms. The fourth-order valence-corrected chi connectivity index (χ4v) is 3.04. The standard InChI is InChI=1S/C19H40N4O2.HI/c1-7-20-18(21-10-9-17(16(3)4)25-8-2)22-15-19(5,6)23-11-13-24-14-12-23;/h16-17H,7-15H2,1-6H3,(H2,20,21,22);1H. The third-order valence-corrected chi connectivity index (χ3v) is 4.68. The molecule has 0 aromatic rings. The molecule has 0 bridgehead atoms. The van der Waals surface area contributed by atoms with Crippen LogP contribution in [-0.2, 0) is 9.47 Å². The number of morpholine rings is 1. The van der Waals surface area contributed by atoms with Crippen LogP contribution in [-0.4, -0.2) is 75.0 Å². The maximum atomic E-state index is 5.82. The topological polar surface area (TPSA) is 58.1 Å². The Bertz CT molecular complexity index is 386. The molecule has 1 aliphatic rings. The molecule has 6 nitrogen and oxygen atoms in total. The molecule has 0 saturated carbocycles. The highest BCUT2D eigenvalue weighted by molar-refractivity contribution is 14.0. The van der Waals surface area contributed by atoms with Crippen molar-refractivity contribution in [2.24, 2.45) is 10.9 Å². The summed E-state index contributed by atoms with van der Waals surface area (Å²) in [5, 5.41) is 6.80. The second-order valence-corrected chi connectivity index (χ2v) is 7.56. The molecule has 7 heteroatoms. The maximum absolute atomic E-state index is 5.82. The fourth-order valence-electron chi connectivity index (χ4n) is 3.04. The van der Waals surface area contributed by atoms with Crippen molar-refractivity contribution in [1.29, 1.82) is 0 Å². The monoisotopic (exact) mass is 484 g/mol. The van der Waals surface area contributed by atoms with E-state index in [0.717, 1.165) is 64.9 Å². The van der Waals surface area contributed by atoms with Gasteiger partial charge in [-0.2, -0.15) is 0 Å². The van der Waals surface area contributed by atoms with Crippen LogP contribution in [0.25, 0.3) is 0 Å². The van der Waals surface area contributed by atoms with Crippen LogP contribution >= 0.6 is 24.0 Å². The summed E-state index contributed by atoms with van der Waals surface area (Å²) in [6.07, 6.45) is 1.29. The molecule has 1 rings (SSSR count). The van der Waals surface area contributed by atoms with E-state index in [2.05, 4.69) is 57.1 Å². The number of rotatable bonds is 10. The van der Waals surface area contributed by atoms with Gasteiger partial charge in [0, 0.05) is 38.3 Å². The summed E-state index contributed by atoms with van der Waals surface area (Å²) in [7, 11) is 0. The molecular formula is C19H41IN4O2. The predicted octanol–water partition coefficient (Wildman–Crippen LogP) is 2.72. The summed E-state index contributed by atoms with van der Waals surface area (Å²) in [5.74, 6) is 1.42. The molecule has 0 aromatic carbocycles. The molecule has 1 fully saturated rings. The lowest BCUT2D eigenvalue weighted by Gasteiger charge is -2.39. The predicted molar refractivity (Wildman–Crippen MR) is 121 cm³/mol. The van der Waals surface area contributed by atoms with Crippen molar-refractivity contribution >= 4 is 29.9 Å². The van der Waals surface area contributed by atoms with E-state index < -0.39 is 0 Å². The summed E-state index contributed by atoms with van der Waals surface area (Å²) >= 11 is 0. The molecule has 1 atom stereocenters. The summed E-state index contributed by atoms with van der Waals surface area (Å²) in [4.78, 5) is 7.28. The number of nitrogens with zero attached hydrogens (tertiary/aromatic N) is 2. The van der Waals surface area contributed by atoms with Crippen LogP contribution in [0.15, 0.2) is 4.99 Å². The summed E-state index contributed by atoms with van der Waals surface area (Å²) in [5.41, 5.74) is 0.0396. The average molecular weight is 484 g/mol. The van der Waals surface area contributed by atoms with Crippen LogP contribution in [0.1, 0.15) is 48.0 Å². The molecule has 1 heterocycles. The van der Waals surface area contributed by atoms with Crippen molar-refractivity contribution < 1.29 is 9.47 Å². The normalized spacial score (nSPS) is 17.7. The lowest BCUT2D eigenvalue weighted by Crippen LogP contribution is -2.52. The molecule has 0 amide bonds. The number of nitrogens with one attached hydrogen (secondary N) is 2. The third kappa shape index (κ3) is 9.71. The largest absolute Gasteiger partial charge is 0.379 e. The first-order valence-electron chi connectivity index (χ1n) is 9.87. The quantitative estimate of drug-likeness (QED) is 0.284. The highest BCUT2D eigenvalue weighted by atomic mass is 127. The van der Waals surface area contributed by atoms with E-state index in [4.69, 9.17) is 14.5 Å². The lowest BCUT2D eigenvalue weighted by atomic mass is 10.0. The zero-order valence-electron chi connectivity index (χ0n) is 17.6. The molecule has 0 spiro atoms. The zero-order valence-corrected chi connectivity index (χ0v) is 20.0. The summed E-state index contributed by atoms with van der Waals surface area (Å²) in [6.45, 7) is 20.0. The molecule has 0 aromatic heterocycles. The Kier molecular flexibility index (Phi) is 13.9. The van der Waals surface area contributed by atoms with Gasteiger partial charge >= 0.3 is 0 Å². The van der Waals surface area contributed by atoms with Crippen LogP contribution < -0.4 is 10.6 Å². The molecule has 1 aliphatic heterocycles. The molecule has 2 N–H and O–H groups in total. The fraction of sp³-hybridized carbons (Fsp3) is 0.947. The maximum Gasteiger partial charge on any atom is 0.191 e. The van der Waals surface area contributed by atoms with Gasteiger partial charge in [0.05, 0.1) is 25.9 Å². The van der Waals surface area contributed by atoms with Gasteiger partial charge in [-0.15, -0.1) is 24.0 Å². The molecular weight excluding hydrogens is 443 g/mol. The van der Waals surface area contributed by atoms with Crippen LogP contribution in [0.5, 0.6) is 0 Å². The number of hydrogen-bond acceptors (Lipinski definition) is 4.